The van der Waals surface area contributed by atoms with Crippen molar-refractivity contribution in [3.63, 3.8) is 0 Å². The maximum absolute atomic E-state index is 12.5. The smallest absolute Gasteiger partial charge is 0.355 e. The highest BCUT2D eigenvalue weighted by Crippen LogP contribution is 2.33. The lowest BCUT2D eigenvalue weighted by Gasteiger charge is -2.04. The molecule has 0 radical (unpaired) electrons. The van der Waals surface area contributed by atoms with Crippen molar-refractivity contribution in [3.05, 3.63) is 69.8 Å². The quantitative estimate of drug-likeness (QED) is 0.430. The number of anilines is 1. The minimum atomic E-state index is -0.813. The minimum Gasteiger partial charge on any atom is -0.466 e. The summed E-state index contributed by atoms with van der Waals surface area (Å²) in [5.41, 5.74) is 1.43. The number of carbonyl (C=O) groups excluding carboxylic acids is 3. The summed E-state index contributed by atoms with van der Waals surface area (Å²) in [6.07, 6.45) is 2.70. The van der Waals surface area contributed by atoms with E-state index in [4.69, 9.17) is 27.9 Å². The Morgan fingerprint density at radius 2 is 1.87 bits per heavy atom. The number of esters is 2. The van der Waals surface area contributed by atoms with Gasteiger partial charge in [0.15, 0.2) is 6.61 Å². The molecule has 30 heavy (non-hydrogen) atoms. The summed E-state index contributed by atoms with van der Waals surface area (Å²) in [6, 6.07) is 12.0. The predicted octanol–water partition coefficient (Wildman–Crippen LogP) is 4.46. The number of aromatic nitrogens is 1. The number of fused-ring (bicyclic) bond motifs is 1. The Bertz CT molecular complexity index is 1140. The van der Waals surface area contributed by atoms with Crippen molar-refractivity contribution in [2.24, 2.45) is 0 Å². The van der Waals surface area contributed by atoms with Crippen LogP contribution in [0.25, 0.3) is 17.0 Å². The highest BCUT2D eigenvalue weighted by molar-refractivity contribution is 6.39. The van der Waals surface area contributed by atoms with E-state index in [2.05, 4.69) is 15.0 Å². The third-order valence-corrected chi connectivity index (χ3v) is 4.57. The van der Waals surface area contributed by atoms with E-state index in [9.17, 15) is 14.4 Å². The molecule has 0 aliphatic heterocycles. The first-order valence-corrected chi connectivity index (χ1v) is 9.43. The number of hydrogen-bond acceptors (Lipinski definition) is 5. The molecule has 0 saturated carbocycles. The molecule has 2 N–H and O–H groups in total. The zero-order chi connectivity index (χ0) is 21.7. The maximum Gasteiger partial charge on any atom is 0.355 e. The van der Waals surface area contributed by atoms with Crippen LogP contribution in [-0.2, 0) is 19.1 Å². The van der Waals surface area contributed by atoms with Gasteiger partial charge in [-0.2, -0.15) is 0 Å². The zero-order valence-corrected chi connectivity index (χ0v) is 17.2. The van der Waals surface area contributed by atoms with E-state index in [1.54, 1.807) is 30.3 Å². The van der Waals surface area contributed by atoms with Crippen LogP contribution in [0, 0.1) is 0 Å². The Balaban J connectivity index is 1.95. The molecular weight excluding hydrogens is 431 g/mol. The molecular formula is C21H16Cl2N2O5. The second kappa shape index (κ2) is 9.47. The van der Waals surface area contributed by atoms with Gasteiger partial charge in [0, 0.05) is 33.3 Å². The molecule has 0 spiro atoms. The van der Waals surface area contributed by atoms with Gasteiger partial charge in [-0.1, -0.05) is 41.4 Å². The molecule has 1 amide bonds. The maximum atomic E-state index is 12.5. The van der Waals surface area contributed by atoms with Crippen LogP contribution in [-0.4, -0.2) is 36.5 Å². The lowest BCUT2D eigenvalue weighted by molar-refractivity contribution is -0.144. The van der Waals surface area contributed by atoms with Gasteiger partial charge in [0.25, 0.3) is 0 Å². The van der Waals surface area contributed by atoms with Crippen LogP contribution in [0.2, 0.25) is 10.0 Å². The van der Waals surface area contributed by atoms with E-state index in [0.717, 1.165) is 0 Å². The van der Waals surface area contributed by atoms with Crippen molar-refractivity contribution in [3.8, 4) is 0 Å². The Kier molecular flexibility index (Phi) is 6.76. The molecule has 0 aliphatic carbocycles. The third-order valence-electron chi connectivity index (χ3n) is 4.05. The number of aromatic amines is 1. The fourth-order valence-electron chi connectivity index (χ4n) is 2.72. The first kappa shape index (κ1) is 21.4. The first-order chi connectivity index (χ1) is 14.4. The highest BCUT2D eigenvalue weighted by atomic mass is 35.5. The largest absolute Gasteiger partial charge is 0.466 e. The van der Waals surface area contributed by atoms with Crippen LogP contribution in [0.1, 0.15) is 16.1 Å². The van der Waals surface area contributed by atoms with Crippen molar-refractivity contribution in [1.29, 1.82) is 0 Å². The average molecular weight is 447 g/mol. The normalized spacial score (nSPS) is 10.9. The summed E-state index contributed by atoms with van der Waals surface area (Å²) in [4.78, 5) is 39.0. The number of hydrogen-bond donors (Lipinski definition) is 2. The van der Waals surface area contributed by atoms with Crippen LogP contribution in [0.15, 0.2) is 48.5 Å². The average Bonchev–Trinajstić information content (AvgIpc) is 3.09. The number of amides is 1. The van der Waals surface area contributed by atoms with E-state index < -0.39 is 24.5 Å². The molecule has 0 aliphatic rings. The Morgan fingerprint density at radius 3 is 2.57 bits per heavy atom. The molecule has 0 bridgehead atoms. The van der Waals surface area contributed by atoms with Gasteiger partial charge in [-0.3, -0.25) is 4.79 Å². The molecule has 154 valence electrons. The highest BCUT2D eigenvalue weighted by Gasteiger charge is 2.21. The number of H-pyrrole nitrogens is 1. The number of nitrogens with one attached hydrogen (secondary N) is 2. The Morgan fingerprint density at radius 1 is 1.13 bits per heavy atom. The third kappa shape index (κ3) is 5.00. The molecule has 7 nitrogen and oxygen atoms in total. The number of carbonyl (C=O) groups is 3. The van der Waals surface area contributed by atoms with Gasteiger partial charge in [0.1, 0.15) is 5.69 Å². The van der Waals surface area contributed by atoms with Crippen molar-refractivity contribution in [2.75, 3.05) is 19.0 Å². The van der Waals surface area contributed by atoms with Crippen molar-refractivity contribution >= 4 is 63.7 Å². The molecule has 0 atom stereocenters. The molecule has 2 aromatic carbocycles. The van der Waals surface area contributed by atoms with E-state index in [-0.39, 0.29) is 10.7 Å². The second-order valence-corrected chi connectivity index (χ2v) is 6.91. The molecule has 0 unspecified atom stereocenters. The fraction of sp³-hybridized carbons (Fsp3) is 0.0952. The molecule has 3 rings (SSSR count). The Hall–Kier alpha value is -3.29. The number of halogens is 2. The van der Waals surface area contributed by atoms with Crippen molar-refractivity contribution < 1.29 is 23.9 Å². The lowest BCUT2D eigenvalue weighted by atomic mass is 10.1. The van der Waals surface area contributed by atoms with Gasteiger partial charge in [-0.15, -0.1) is 0 Å². The van der Waals surface area contributed by atoms with E-state index in [1.165, 1.54) is 25.3 Å². The topological polar surface area (TPSA) is 97.5 Å². The molecule has 0 saturated heterocycles. The predicted molar refractivity (Wildman–Crippen MR) is 115 cm³/mol. The van der Waals surface area contributed by atoms with Gasteiger partial charge in [0.2, 0.25) is 5.91 Å². The molecule has 0 fully saturated rings. The SMILES string of the molecule is COC(=O)COC(=O)c1[nH]c2cc(Cl)cc(Cl)c2c1/C=C/C(=O)Nc1ccccc1. The van der Waals surface area contributed by atoms with E-state index in [0.29, 0.717) is 27.2 Å². The zero-order valence-electron chi connectivity index (χ0n) is 15.7. The monoisotopic (exact) mass is 446 g/mol. The molecule has 3 aromatic rings. The summed E-state index contributed by atoms with van der Waals surface area (Å²) in [7, 11) is 1.18. The number of benzene rings is 2. The number of rotatable bonds is 6. The second-order valence-electron chi connectivity index (χ2n) is 6.06. The standard InChI is InChI=1S/C21H16Cl2N2O5/c1-29-18(27)11-30-21(28)20-14(19-15(23)9-12(22)10-16(19)25-20)7-8-17(26)24-13-5-3-2-4-6-13/h2-10,25H,11H2,1H3,(H,24,26)/b8-7+. The number of ether oxygens (including phenoxy) is 2. The van der Waals surface area contributed by atoms with Gasteiger partial charge in [-0.25, -0.2) is 9.59 Å². The summed E-state index contributed by atoms with van der Waals surface area (Å²) in [5, 5.41) is 3.83. The lowest BCUT2D eigenvalue weighted by Crippen LogP contribution is -2.16. The van der Waals surface area contributed by atoms with Gasteiger partial charge in [0.05, 0.1) is 12.1 Å². The van der Waals surface area contributed by atoms with Crippen LogP contribution in [0.3, 0.4) is 0 Å². The van der Waals surface area contributed by atoms with Crippen molar-refractivity contribution in [1.82, 2.24) is 4.98 Å². The Labute approximate surface area is 181 Å². The summed E-state index contributed by atoms with van der Waals surface area (Å²) in [6.45, 7) is -0.559. The number of methoxy groups -OCH3 is 1. The van der Waals surface area contributed by atoms with Crippen LogP contribution < -0.4 is 5.32 Å². The van der Waals surface area contributed by atoms with Crippen LogP contribution in [0.5, 0.6) is 0 Å². The van der Waals surface area contributed by atoms with Gasteiger partial charge < -0.3 is 19.8 Å². The van der Waals surface area contributed by atoms with Crippen LogP contribution in [0.4, 0.5) is 5.69 Å². The number of para-hydroxylation sites is 1. The molecule has 1 heterocycles. The molecule has 9 heteroatoms. The van der Waals surface area contributed by atoms with Crippen LogP contribution >= 0.6 is 23.2 Å². The minimum absolute atomic E-state index is 0.0156. The summed E-state index contributed by atoms with van der Waals surface area (Å²) in [5.74, 6) is -1.93. The van der Waals surface area contributed by atoms with Gasteiger partial charge in [-0.05, 0) is 30.3 Å². The molecule has 1 aromatic heterocycles. The first-order valence-electron chi connectivity index (χ1n) is 8.68. The summed E-state index contributed by atoms with van der Waals surface area (Å²) >= 11 is 12.4. The fourth-order valence-corrected chi connectivity index (χ4v) is 3.32. The van der Waals surface area contributed by atoms with E-state index in [1.807, 2.05) is 6.07 Å². The van der Waals surface area contributed by atoms with Gasteiger partial charge >= 0.3 is 11.9 Å². The van der Waals surface area contributed by atoms with Crippen molar-refractivity contribution in [2.45, 2.75) is 0 Å². The summed E-state index contributed by atoms with van der Waals surface area (Å²) < 4.78 is 9.43. The van der Waals surface area contributed by atoms with E-state index >= 15 is 0 Å².